The third-order valence-corrected chi connectivity index (χ3v) is 5.61. The van der Waals surface area contributed by atoms with Gasteiger partial charge in [-0.2, -0.15) is 11.8 Å². The number of ether oxygens (including phenoxy) is 1. The molecular weight excluding hydrogens is 402 g/mol. The normalized spacial score (nSPS) is 14.2. The van der Waals surface area contributed by atoms with Crippen molar-refractivity contribution >= 4 is 40.5 Å². The van der Waals surface area contributed by atoms with E-state index in [9.17, 15) is 9.59 Å². The van der Waals surface area contributed by atoms with Gasteiger partial charge in [-0.3, -0.25) is 19.7 Å². The van der Waals surface area contributed by atoms with Crippen LogP contribution in [0.25, 0.3) is 16.7 Å². The number of carbonyl (C=O) groups excluding carboxylic acids is 2. The fourth-order valence-corrected chi connectivity index (χ4v) is 4.19. The van der Waals surface area contributed by atoms with Crippen LogP contribution in [0.5, 0.6) is 0 Å². The van der Waals surface area contributed by atoms with Gasteiger partial charge in [0.15, 0.2) is 0 Å². The van der Waals surface area contributed by atoms with Crippen LogP contribution >= 0.6 is 11.8 Å². The van der Waals surface area contributed by atoms with Crippen molar-refractivity contribution in [3.05, 3.63) is 48.5 Å². The molecule has 4 heterocycles. The van der Waals surface area contributed by atoms with Crippen molar-refractivity contribution in [1.29, 1.82) is 0 Å². The molecule has 3 aromatic heterocycles. The average Bonchev–Trinajstić information content (AvgIpc) is 3.16. The van der Waals surface area contributed by atoms with Crippen LogP contribution in [-0.4, -0.2) is 62.1 Å². The van der Waals surface area contributed by atoms with Gasteiger partial charge in [-0.05, 0) is 32.0 Å². The smallest absolute Gasteiger partial charge is 0.411 e. The van der Waals surface area contributed by atoms with Crippen molar-refractivity contribution < 1.29 is 14.3 Å². The second kappa shape index (κ2) is 8.74. The molecule has 0 saturated carbocycles. The Morgan fingerprint density at radius 1 is 1.17 bits per heavy atom. The molecule has 4 rings (SSSR count). The lowest BCUT2D eigenvalue weighted by atomic mass is 10.2. The highest BCUT2D eigenvalue weighted by Crippen LogP contribution is 2.22. The number of amides is 2. The Hall–Kier alpha value is -3.07. The lowest BCUT2D eigenvalue weighted by molar-refractivity contribution is 0.0772. The zero-order valence-electron chi connectivity index (χ0n) is 16.9. The molecule has 3 aromatic rings. The van der Waals surface area contributed by atoms with Crippen molar-refractivity contribution in [2.75, 3.05) is 29.9 Å². The summed E-state index contributed by atoms with van der Waals surface area (Å²) in [4.78, 5) is 35.2. The van der Waals surface area contributed by atoms with Crippen molar-refractivity contribution in [3.8, 4) is 5.69 Å². The molecule has 0 unspecified atom stereocenters. The highest BCUT2D eigenvalue weighted by molar-refractivity contribution is 7.99. The molecule has 1 fully saturated rings. The van der Waals surface area contributed by atoms with E-state index in [-0.39, 0.29) is 12.0 Å². The van der Waals surface area contributed by atoms with E-state index in [0.717, 1.165) is 35.7 Å². The van der Waals surface area contributed by atoms with Crippen LogP contribution in [0.4, 0.5) is 10.5 Å². The van der Waals surface area contributed by atoms with Gasteiger partial charge in [0.25, 0.3) is 5.91 Å². The van der Waals surface area contributed by atoms with E-state index in [1.54, 1.807) is 38.5 Å². The van der Waals surface area contributed by atoms with Crippen LogP contribution in [0.3, 0.4) is 0 Å². The van der Waals surface area contributed by atoms with Crippen molar-refractivity contribution in [2.24, 2.45) is 0 Å². The third-order valence-electron chi connectivity index (χ3n) is 4.66. The maximum Gasteiger partial charge on any atom is 0.411 e. The summed E-state index contributed by atoms with van der Waals surface area (Å²) in [5, 5.41) is 3.54. The van der Waals surface area contributed by atoms with Crippen molar-refractivity contribution in [3.63, 3.8) is 0 Å². The number of aromatic nitrogens is 3. The van der Waals surface area contributed by atoms with Gasteiger partial charge >= 0.3 is 6.09 Å². The number of carbonyl (C=O) groups is 2. The summed E-state index contributed by atoms with van der Waals surface area (Å²) in [6.07, 6.45) is 6.00. The predicted octanol–water partition coefficient (Wildman–Crippen LogP) is 3.57. The lowest BCUT2D eigenvalue weighted by Gasteiger charge is -2.26. The molecule has 1 saturated heterocycles. The lowest BCUT2D eigenvalue weighted by Crippen LogP contribution is -2.37. The highest BCUT2D eigenvalue weighted by atomic mass is 32.2. The van der Waals surface area contributed by atoms with Gasteiger partial charge in [-0.1, -0.05) is 0 Å². The van der Waals surface area contributed by atoms with E-state index in [0.29, 0.717) is 16.9 Å². The van der Waals surface area contributed by atoms with E-state index < -0.39 is 6.09 Å². The Balaban J connectivity index is 1.57. The summed E-state index contributed by atoms with van der Waals surface area (Å²) < 4.78 is 6.97. The number of nitrogens with zero attached hydrogens (tertiary/aromatic N) is 4. The number of hydrogen-bond donors (Lipinski definition) is 1. The first kappa shape index (κ1) is 20.2. The second-order valence-electron chi connectivity index (χ2n) is 7.24. The maximum absolute atomic E-state index is 12.8. The molecule has 0 radical (unpaired) electrons. The van der Waals surface area contributed by atoms with E-state index >= 15 is 0 Å². The highest BCUT2D eigenvalue weighted by Gasteiger charge is 2.19. The summed E-state index contributed by atoms with van der Waals surface area (Å²) in [5.74, 6) is 1.97. The summed E-state index contributed by atoms with van der Waals surface area (Å²) in [6.45, 7) is 5.12. The van der Waals surface area contributed by atoms with Gasteiger partial charge in [-0.15, -0.1) is 0 Å². The molecule has 1 N–H and O–H groups in total. The molecule has 8 nitrogen and oxygen atoms in total. The standard InChI is InChI=1S/C21H23N5O3S/c1-14(2)29-21(28)24-17-10-18(13-22-12-17)26-4-3-15-9-16(11-23-19(15)26)20(27)25-5-7-30-8-6-25/h3-4,9-14H,5-8H2,1-2H3,(H,24,28). The van der Waals surface area contributed by atoms with E-state index in [2.05, 4.69) is 15.3 Å². The topological polar surface area (TPSA) is 89.3 Å². The van der Waals surface area contributed by atoms with Gasteiger partial charge in [0, 0.05) is 42.4 Å². The molecule has 9 heteroatoms. The second-order valence-corrected chi connectivity index (χ2v) is 8.46. The van der Waals surface area contributed by atoms with Gasteiger partial charge in [0.2, 0.25) is 0 Å². The largest absolute Gasteiger partial charge is 0.447 e. The fraction of sp³-hybridized carbons (Fsp3) is 0.333. The summed E-state index contributed by atoms with van der Waals surface area (Å²) >= 11 is 1.87. The van der Waals surface area contributed by atoms with Crippen LogP contribution < -0.4 is 5.32 Å². The molecule has 0 aliphatic carbocycles. The summed E-state index contributed by atoms with van der Waals surface area (Å²) in [5.41, 5.74) is 2.57. The van der Waals surface area contributed by atoms with Gasteiger partial charge in [0.1, 0.15) is 5.65 Å². The predicted molar refractivity (Wildman–Crippen MR) is 117 cm³/mol. The first-order chi connectivity index (χ1) is 14.5. The molecule has 0 bridgehead atoms. The molecule has 0 spiro atoms. The summed E-state index contributed by atoms with van der Waals surface area (Å²) in [7, 11) is 0. The third kappa shape index (κ3) is 4.40. The van der Waals surface area contributed by atoms with Crippen LogP contribution in [-0.2, 0) is 4.74 Å². The maximum atomic E-state index is 12.8. The Kier molecular flexibility index (Phi) is 5.89. The van der Waals surface area contributed by atoms with Crippen LogP contribution in [0.1, 0.15) is 24.2 Å². The Bertz CT molecular complexity index is 1080. The molecule has 30 heavy (non-hydrogen) atoms. The number of pyridine rings is 2. The zero-order chi connectivity index (χ0) is 21.1. The van der Waals surface area contributed by atoms with E-state index in [4.69, 9.17) is 4.74 Å². The minimum Gasteiger partial charge on any atom is -0.447 e. The first-order valence-corrected chi connectivity index (χ1v) is 10.9. The Morgan fingerprint density at radius 2 is 1.97 bits per heavy atom. The summed E-state index contributed by atoms with van der Waals surface area (Å²) in [6, 6.07) is 5.58. The molecule has 0 aromatic carbocycles. The van der Waals surface area contributed by atoms with E-state index in [1.807, 2.05) is 39.6 Å². The first-order valence-electron chi connectivity index (χ1n) is 9.78. The van der Waals surface area contributed by atoms with Crippen LogP contribution in [0.2, 0.25) is 0 Å². The number of thioether (sulfide) groups is 1. The molecule has 1 aliphatic rings. The molecular formula is C21H23N5O3S. The fourth-order valence-electron chi connectivity index (χ4n) is 3.29. The molecule has 1 aliphatic heterocycles. The number of anilines is 1. The van der Waals surface area contributed by atoms with Crippen LogP contribution in [0.15, 0.2) is 43.0 Å². The van der Waals surface area contributed by atoms with Gasteiger partial charge in [-0.25, -0.2) is 9.78 Å². The Morgan fingerprint density at radius 3 is 2.73 bits per heavy atom. The quantitative estimate of drug-likeness (QED) is 0.687. The SMILES string of the molecule is CC(C)OC(=O)Nc1cncc(-n2ccc3cc(C(=O)N4CCSCC4)cnc32)c1. The monoisotopic (exact) mass is 425 g/mol. The molecule has 2 amide bonds. The molecule has 156 valence electrons. The van der Waals surface area contributed by atoms with Crippen molar-refractivity contribution in [1.82, 2.24) is 19.4 Å². The van der Waals surface area contributed by atoms with Gasteiger partial charge < -0.3 is 9.64 Å². The number of nitrogens with one attached hydrogen (secondary N) is 1. The van der Waals surface area contributed by atoms with Crippen LogP contribution in [0, 0.1) is 0 Å². The van der Waals surface area contributed by atoms with E-state index in [1.165, 1.54) is 0 Å². The minimum absolute atomic E-state index is 0.0222. The Labute approximate surface area is 178 Å². The van der Waals surface area contributed by atoms with Gasteiger partial charge in [0.05, 0.1) is 35.4 Å². The average molecular weight is 426 g/mol. The zero-order valence-corrected chi connectivity index (χ0v) is 17.7. The van der Waals surface area contributed by atoms with Crippen molar-refractivity contribution in [2.45, 2.75) is 20.0 Å². The number of hydrogen-bond acceptors (Lipinski definition) is 6. The minimum atomic E-state index is -0.529. The molecule has 0 atom stereocenters. The number of fused-ring (bicyclic) bond motifs is 1. The number of rotatable bonds is 4.